The lowest BCUT2D eigenvalue weighted by atomic mass is 10.1. The molecule has 1 amide bonds. The summed E-state index contributed by atoms with van der Waals surface area (Å²) in [5.74, 6) is 0.194. The summed E-state index contributed by atoms with van der Waals surface area (Å²) in [7, 11) is 1.60. The lowest BCUT2D eigenvalue weighted by Crippen LogP contribution is -2.29. The van der Waals surface area contributed by atoms with Crippen molar-refractivity contribution in [1.82, 2.24) is 0 Å². The van der Waals surface area contributed by atoms with Crippen molar-refractivity contribution < 1.29 is 33.6 Å². The van der Waals surface area contributed by atoms with Gasteiger partial charge in [0.05, 0.1) is 32.1 Å². The van der Waals surface area contributed by atoms with E-state index in [0.717, 1.165) is 11.3 Å². The van der Waals surface area contributed by atoms with Gasteiger partial charge >= 0.3 is 12.1 Å². The standard InChI is InChI=1S/C24H31NO7/c1-5-30-21-11-8-18(15-22(23(26)27)32-16(2)3)14-20(21)25-24(28)31-13-12-17-6-9-19(29-4)10-7-17/h6-11,14,16,22H,5,12-13,15H2,1-4H3,(H,25,28)(H,26,27). The number of carbonyl (C=O) groups excluding carboxylic acids is 1. The molecule has 1 unspecified atom stereocenters. The van der Waals surface area contributed by atoms with Gasteiger partial charge in [-0.1, -0.05) is 18.2 Å². The molecule has 2 N–H and O–H groups in total. The molecule has 0 radical (unpaired) electrons. The Kier molecular flexibility index (Phi) is 9.81. The molecule has 2 aromatic carbocycles. The van der Waals surface area contributed by atoms with Gasteiger partial charge in [0.2, 0.25) is 0 Å². The van der Waals surface area contributed by atoms with Gasteiger partial charge in [0.25, 0.3) is 0 Å². The number of hydrogen-bond acceptors (Lipinski definition) is 6. The second-order valence-electron chi connectivity index (χ2n) is 7.34. The van der Waals surface area contributed by atoms with Crippen LogP contribution in [0.1, 0.15) is 31.9 Å². The number of aliphatic carboxylic acids is 1. The molecule has 0 saturated carbocycles. The number of carboxylic acid groups (broad SMARTS) is 1. The summed E-state index contributed by atoms with van der Waals surface area (Å²) in [5.41, 5.74) is 2.11. The first-order valence-electron chi connectivity index (χ1n) is 10.5. The third kappa shape index (κ3) is 8.11. The van der Waals surface area contributed by atoms with E-state index in [1.807, 2.05) is 31.2 Å². The Bertz CT molecular complexity index is 880. The molecule has 0 spiro atoms. The average molecular weight is 446 g/mol. The lowest BCUT2D eigenvalue weighted by Gasteiger charge is -2.18. The Morgan fingerprint density at radius 1 is 1.06 bits per heavy atom. The average Bonchev–Trinajstić information content (AvgIpc) is 2.75. The van der Waals surface area contributed by atoms with Gasteiger partial charge in [-0.3, -0.25) is 5.32 Å². The van der Waals surface area contributed by atoms with Crippen LogP contribution in [0, 0.1) is 0 Å². The Balaban J connectivity index is 2.01. The van der Waals surface area contributed by atoms with Crippen LogP contribution >= 0.6 is 0 Å². The number of anilines is 1. The molecule has 0 heterocycles. The summed E-state index contributed by atoms with van der Waals surface area (Å²) in [6, 6.07) is 12.6. The molecular weight excluding hydrogens is 414 g/mol. The number of ether oxygens (including phenoxy) is 4. The van der Waals surface area contributed by atoms with Gasteiger partial charge in [-0.05, 0) is 56.2 Å². The highest BCUT2D eigenvalue weighted by Gasteiger charge is 2.21. The zero-order chi connectivity index (χ0) is 23.5. The Hall–Kier alpha value is -3.26. The van der Waals surface area contributed by atoms with E-state index >= 15 is 0 Å². The van der Waals surface area contributed by atoms with Crippen molar-refractivity contribution in [2.24, 2.45) is 0 Å². The molecule has 1 atom stereocenters. The van der Waals surface area contributed by atoms with Crippen LogP contribution in [0.3, 0.4) is 0 Å². The quantitative estimate of drug-likeness (QED) is 0.502. The summed E-state index contributed by atoms with van der Waals surface area (Å²) in [6.07, 6.45) is -1.12. The van der Waals surface area contributed by atoms with Crippen LogP contribution in [-0.4, -0.2) is 49.7 Å². The summed E-state index contributed by atoms with van der Waals surface area (Å²) in [5, 5.41) is 12.1. The lowest BCUT2D eigenvalue weighted by molar-refractivity contribution is -0.153. The molecule has 0 bridgehead atoms. The predicted octanol–water partition coefficient (Wildman–Crippen LogP) is 4.31. The first kappa shape index (κ1) is 25.0. The van der Waals surface area contributed by atoms with Gasteiger partial charge in [-0.25, -0.2) is 9.59 Å². The summed E-state index contributed by atoms with van der Waals surface area (Å²) in [4.78, 5) is 23.8. The maximum atomic E-state index is 12.3. The Morgan fingerprint density at radius 2 is 1.75 bits per heavy atom. The van der Waals surface area contributed by atoms with Crippen molar-refractivity contribution in [2.75, 3.05) is 25.6 Å². The van der Waals surface area contributed by atoms with E-state index in [1.165, 1.54) is 0 Å². The van der Waals surface area contributed by atoms with Crippen molar-refractivity contribution in [3.63, 3.8) is 0 Å². The highest BCUT2D eigenvalue weighted by molar-refractivity contribution is 5.87. The van der Waals surface area contributed by atoms with Crippen molar-refractivity contribution >= 4 is 17.7 Å². The van der Waals surface area contributed by atoms with E-state index in [9.17, 15) is 14.7 Å². The molecule has 2 aromatic rings. The first-order chi connectivity index (χ1) is 15.3. The van der Waals surface area contributed by atoms with E-state index in [-0.39, 0.29) is 19.1 Å². The fourth-order valence-corrected chi connectivity index (χ4v) is 3.02. The third-order valence-corrected chi connectivity index (χ3v) is 4.50. The Labute approximate surface area is 188 Å². The van der Waals surface area contributed by atoms with Crippen molar-refractivity contribution in [3.05, 3.63) is 53.6 Å². The largest absolute Gasteiger partial charge is 0.497 e. The third-order valence-electron chi connectivity index (χ3n) is 4.50. The number of methoxy groups -OCH3 is 1. The topological polar surface area (TPSA) is 103 Å². The smallest absolute Gasteiger partial charge is 0.411 e. The molecule has 0 aliphatic heterocycles. The number of amides is 1. The maximum absolute atomic E-state index is 12.3. The minimum atomic E-state index is -1.04. The molecule has 0 aliphatic carbocycles. The molecule has 0 aliphatic rings. The fraction of sp³-hybridized carbons (Fsp3) is 0.417. The van der Waals surface area contributed by atoms with Gasteiger partial charge in [0, 0.05) is 12.8 Å². The molecular formula is C24H31NO7. The normalized spacial score (nSPS) is 11.7. The summed E-state index contributed by atoms with van der Waals surface area (Å²) in [6.45, 7) is 6.01. The predicted molar refractivity (Wildman–Crippen MR) is 121 cm³/mol. The van der Waals surface area contributed by atoms with Crippen LogP contribution in [0.5, 0.6) is 11.5 Å². The minimum Gasteiger partial charge on any atom is -0.497 e. The van der Waals surface area contributed by atoms with Crippen LogP contribution in [0.25, 0.3) is 0 Å². The highest BCUT2D eigenvalue weighted by Crippen LogP contribution is 2.27. The SMILES string of the molecule is CCOc1ccc(CC(OC(C)C)C(=O)O)cc1NC(=O)OCCc1ccc(OC)cc1. The number of carboxylic acids is 1. The zero-order valence-electron chi connectivity index (χ0n) is 18.9. The van der Waals surface area contributed by atoms with Gasteiger partial charge in [-0.15, -0.1) is 0 Å². The van der Waals surface area contributed by atoms with E-state index in [4.69, 9.17) is 18.9 Å². The number of carbonyl (C=O) groups is 2. The van der Waals surface area contributed by atoms with Crippen molar-refractivity contribution in [2.45, 2.75) is 45.8 Å². The number of nitrogens with one attached hydrogen (secondary N) is 1. The van der Waals surface area contributed by atoms with Gasteiger partial charge in [0.1, 0.15) is 11.5 Å². The van der Waals surface area contributed by atoms with Crippen LogP contribution < -0.4 is 14.8 Å². The molecule has 174 valence electrons. The molecule has 0 aromatic heterocycles. The minimum absolute atomic E-state index is 0.154. The zero-order valence-corrected chi connectivity index (χ0v) is 18.9. The van der Waals surface area contributed by atoms with Crippen LogP contribution in [0.15, 0.2) is 42.5 Å². The molecule has 8 heteroatoms. The monoisotopic (exact) mass is 445 g/mol. The van der Waals surface area contributed by atoms with E-state index < -0.39 is 18.2 Å². The second-order valence-corrected chi connectivity index (χ2v) is 7.34. The van der Waals surface area contributed by atoms with Crippen molar-refractivity contribution in [3.8, 4) is 11.5 Å². The summed E-state index contributed by atoms with van der Waals surface area (Å²) >= 11 is 0. The number of hydrogen-bond donors (Lipinski definition) is 2. The molecule has 0 saturated heterocycles. The van der Waals surface area contributed by atoms with Crippen LogP contribution in [-0.2, 0) is 27.1 Å². The van der Waals surface area contributed by atoms with E-state index in [1.54, 1.807) is 39.2 Å². The van der Waals surface area contributed by atoms with E-state index in [2.05, 4.69) is 5.32 Å². The van der Waals surface area contributed by atoms with Gasteiger partial charge in [-0.2, -0.15) is 0 Å². The van der Waals surface area contributed by atoms with E-state index in [0.29, 0.717) is 30.0 Å². The number of benzene rings is 2. The van der Waals surface area contributed by atoms with Crippen LogP contribution in [0.4, 0.5) is 10.5 Å². The molecule has 8 nitrogen and oxygen atoms in total. The molecule has 32 heavy (non-hydrogen) atoms. The summed E-state index contributed by atoms with van der Waals surface area (Å²) < 4.78 is 21.5. The Morgan fingerprint density at radius 3 is 2.34 bits per heavy atom. The number of rotatable bonds is 12. The maximum Gasteiger partial charge on any atom is 0.411 e. The molecule has 2 rings (SSSR count). The van der Waals surface area contributed by atoms with Gasteiger partial charge in [0.15, 0.2) is 6.10 Å². The highest BCUT2D eigenvalue weighted by atomic mass is 16.5. The fourth-order valence-electron chi connectivity index (χ4n) is 3.02. The van der Waals surface area contributed by atoms with Crippen LogP contribution in [0.2, 0.25) is 0 Å². The molecule has 0 fully saturated rings. The second kappa shape index (κ2) is 12.6. The van der Waals surface area contributed by atoms with Gasteiger partial charge < -0.3 is 24.1 Å². The van der Waals surface area contributed by atoms with Crippen molar-refractivity contribution in [1.29, 1.82) is 0 Å². The first-order valence-corrected chi connectivity index (χ1v) is 10.5.